The van der Waals surface area contributed by atoms with E-state index in [1.807, 2.05) is 4.72 Å². The molecule has 1 aromatic carbocycles. The smallest absolute Gasteiger partial charge is 0.404 e. The molecule has 0 aliphatic heterocycles. The molecule has 0 unspecified atom stereocenters. The molecular weight excluding hydrogens is 310 g/mol. The van der Waals surface area contributed by atoms with Crippen LogP contribution in [-0.2, 0) is 14.8 Å². The molecule has 1 aromatic rings. The number of amides is 3. The van der Waals surface area contributed by atoms with E-state index in [4.69, 9.17) is 5.73 Å². The summed E-state index contributed by atoms with van der Waals surface area (Å²) in [6, 6.07) is 5.42. The minimum absolute atomic E-state index is 0.0255. The van der Waals surface area contributed by atoms with Gasteiger partial charge in [0.25, 0.3) is 10.0 Å². The number of sulfonamides is 1. The molecular formula is C13H19N3O5S. The van der Waals surface area contributed by atoms with E-state index in [0.29, 0.717) is 12.8 Å². The number of hydrogen-bond acceptors (Lipinski definition) is 5. The lowest BCUT2D eigenvalue weighted by molar-refractivity contribution is 0.154. The largest absolute Gasteiger partial charge is 0.450 e. The van der Waals surface area contributed by atoms with Crippen LogP contribution in [0.3, 0.4) is 0 Å². The molecule has 0 saturated carbocycles. The quantitative estimate of drug-likeness (QED) is 0.639. The van der Waals surface area contributed by atoms with Crippen molar-refractivity contribution in [1.82, 2.24) is 10.0 Å². The van der Waals surface area contributed by atoms with Crippen molar-refractivity contribution < 1.29 is 22.7 Å². The van der Waals surface area contributed by atoms with Crippen molar-refractivity contribution in [3.05, 3.63) is 29.8 Å². The van der Waals surface area contributed by atoms with Crippen molar-refractivity contribution in [2.45, 2.75) is 24.7 Å². The zero-order valence-corrected chi connectivity index (χ0v) is 13.0. The number of aryl methyl sites for hydroxylation is 1. The number of unbranched alkanes of at least 4 members (excludes halogenated alkanes) is 1. The Morgan fingerprint density at radius 3 is 2.64 bits per heavy atom. The Labute approximate surface area is 129 Å². The number of hydrogen-bond donors (Lipinski definition) is 3. The summed E-state index contributed by atoms with van der Waals surface area (Å²) in [4.78, 5) is 21.9. The van der Waals surface area contributed by atoms with E-state index in [9.17, 15) is 18.0 Å². The van der Waals surface area contributed by atoms with Crippen molar-refractivity contribution in [3.8, 4) is 0 Å². The van der Waals surface area contributed by atoms with Crippen LogP contribution in [0.15, 0.2) is 29.2 Å². The van der Waals surface area contributed by atoms with E-state index in [1.165, 1.54) is 12.1 Å². The van der Waals surface area contributed by atoms with Crippen LogP contribution in [-0.4, -0.2) is 33.7 Å². The normalized spacial score (nSPS) is 10.8. The lowest BCUT2D eigenvalue weighted by atomic mass is 10.2. The molecule has 0 bridgehead atoms. The molecule has 122 valence electrons. The van der Waals surface area contributed by atoms with Crippen molar-refractivity contribution in [1.29, 1.82) is 0 Å². The maximum Gasteiger partial charge on any atom is 0.404 e. The second kappa shape index (κ2) is 8.23. The summed E-state index contributed by atoms with van der Waals surface area (Å²) in [5.74, 6) is 0. The van der Waals surface area contributed by atoms with Crippen molar-refractivity contribution >= 4 is 22.1 Å². The molecule has 8 nitrogen and oxygen atoms in total. The van der Waals surface area contributed by atoms with Gasteiger partial charge in [0.15, 0.2) is 0 Å². The number of ether oxygens (including phenoxy) is 1. The van der Waals surface area contributed by atoms with Crippen molar-refractivity contribution in [2.24, 2.45) is 5.73 Å². The number of carbonyl (C=O) groups is 2. The molecule has 0 spiro atoms. The third kappa shape index (κ3) is 6.44. The molecule has 0 aliphatic carbocycles. The Hall–Kier alpha value is -2.29. The van der Waals surface area contributed by atoms with Gasteiger partial charge in [0.2, 0.25) is 0 Å². The molecule has 0 aliphatic rings. The number of urea groups is 1. The second-order valence-corrected chi connectivity index (χ2v) is 6.23. The van der Waals surface area contributed by atoms with Gasteiger partial charge in [-0.15, -0.1) is 0 Å². The molecule has 0 radical (unpaired) electrons. The molecule has 0 aromatic heterocycles. The first-order chi connectivity index (χ1) is 10.3. The highest BCUT2D eigenvalue weighted by molar-refractivity contribution is 7.90. The van der Waals surface area contributed by atoms with Crippen LogP contribution < -0.4 is 15.8 Å². The van der Waals surface area contributed by atoms with Crippen LogP contribution in [0.25, 0.3) is 0 Å². The SMILES string of the molecule is Cc1cccc(S(=O)(=O)NC(=O)NCCCCOC(N)=O)c1. The van der Waals surface area contributed by atoms with Crippen molar-refractivity contribution in [3.63, 3.8) is 0 Å². The molecule has 22 heavy (non-hydrogen) atoms. The first kappa shape index (κ1) is 17.8. The highest BCUT2D eigenvalue weighted by Gasteiger charge is 2.17. The number of carbonyl (C=O) groups excluding carboxylic acids is 2. The number of rotatable bonds is 7. The third-order valence-electron chi connectivity index (χ3n) is 2.63. The van der Waals surface area contributed by atoms with Gasteiger partial charge in [-0.1, -0.05) is 12.1 Å². The molecule has 0 fully saturated rings. The van der Waals surface area contributed by atoms with Gasteiger partial charge in [-0.05, 0) is 37.5 Å². The summed E-state index contributed by atoms with van der Waals surface area (Å²) in [7, 11) is -3.89. The summed E-state index contributed by atoms with van der Waals surface area (Å²) in [6.45, 7) is 2.16. The average Bonchev–Trinajstić information content (AvgIpc) is 2.42. The van der Waals surface area contributed by atoms with Crippen LogP contribution in [0.4, 0.5) is 9.59 Å². The van der Waals surface area contributed by atoms with Gasteiger partial charge >= 0.3 is 12.1 Å². The van der Waals surface area contributed by atoms with Crippen LogP contribution in [0, 0.1) is 6.92 Å². The average molecular weight is 329 g/mol. The van der Waals surface area contributed by atoms with E-state index >= 15 is 0 Å². The topological polar surface area (TPSA) is 128 Å². The molecule has 4 N–H and O–H groups in total. The lowest BCUT2D eigenvalue weighted by Gasteiger charge is -2.09. The fourth-order valence-corrected chi connectivity index (χ4v) is 2.63. The summed E-state index contributed by atoms with van der Waals surface area (Å²) < 4.78 is 30.4. The van der Waals surface area contributed by atoms with Gasteiger partial charge in [0.05, 0.1) is 11.5 Å². The van der Waals surface area contributed by atoms with Gasteiger partial charge in [0.1, 0.15) is 0 Å². The maximum absolute atomic E-state index is 12.0. The minimum Gasteiger partial charge on any atom is -0.450 e. The fraction of sp³-hybridized carbons (Fsp3) is 0.385. The predicted octanol–water partition coefficient (Wildman–Crippen LogP) is 0.858. The Balaban J connectivity index is 2.37. The van der Waals surface area contributed by atoms with Crippen molar-refractivity contribution in [2.75, 3.05) is 13.2 Å². The highest BCUT2D eigenvalue weighted by atomic mass is 32.2. The van der Waals surface area contributed by atoms with Gasteiger partial charge in [-0.25, -0.2) is 22.7 Å². The van der Waals surface area contributed by atoms with Gasteiger partial charge in [0, 0.05) is 6.54 Å². The first-order valence-electron chi connectivity index (χ1n) is 6.61. The fourth-order valence-electron chi connectivity index (χ4n) is 1.60. The van der Waals surface area contributed by atoms with Gasteiger partial charge in [-0.2, -0.15) is 0 Å². The molecule has 3 amide bonds. The second-order valence-electron chi connectivity index (χ2n) is 4.55. The summed E-state index contributed by atoms with van der Waals surface area (Å²) in [5, 5.41) is 2.41. The highest BCUT2D eigenvalue weighted by Crippen LogP contribution is 2.10. The standard InChI is InChI=1S/C13H19N3O5S/c1-10-5-4-6-11(9-10)22(19,20)16-13(18)15-7-2-3-8-21-12(14)17/h4-6,9H,2-3,7-8H2,1H3,(H2,14,17)(H2,15,16,18). The van der Waals surface area contributed by atoms with Crippen LogP contribution in [0.1, 0.15) is 18.4 Å². The summed E-state index contributed by atoms with van der Waals surface area (Å²) >= 11 is 0. The van der Waals surface area contributed by atoms with E-state index in [-0.39, 0.29) is 18.0 Å². The molecule has 9 heteroatoms. The molecule has 0 heterocycles. The zero-order valence-electron chi connectivity index (χ0n) is 12.2. The number of nitrogens with one attached hydrogen (secondary N) is 2. The van der Waals surface area contributed by atoms with Gasteiger partial charge in [-0.3, -0.25) is 0 Å². The zero-order chi connectivity index (χ0) is 16.6. The summed E-state index contributed by atoms with van der Waals surface area (Å²) in [5.41, 5.74) is 5.56. The Morgan fingerprint density at radius 1 is 1.27 bits per heavy atom. The Bertz CT molecular complexity index is 630. The van der Waals surface area contributed by atoms with E-state index in [1.54, 1.807) is 19.1 Å². The predicted molar refractivity (Wildman–Crippen MR) is 79.7 cm³/mol. The first-order valence-corrected chi connectivity index (χ1v) is 8.09. The van der Waals surface area contributed by atoms with Gasteiger partial charge < -0.3 is 15.8 Å². The van der Waals surface area contributed by atoms with Crippen LogP contribution in [0.5, 0.6) is 0 Å². The number of benzene rings is 1. The minimum atomic E-state index is -3.89. The van der Waals surface area contributed by atoms with E-state index in [2.05, 4.69) is 10.1 Å². The maximum atomic E-state index is 12.0. The van der Waals surface area contributed by atoms with E-state index < -0.39 is 22.1 Å². The van der Waals surface area contributed by atoms with Crippen LogP contribution in [0.2, 0.25) is 0 Å². The van der Waals surface area contributed by atoms with Crippen LogP contribution >= 0.6 is 0 Å². The summed E-state index contributed by atoms with van der Waals surface area (Å²) in [6.07, 6.45) is 0.175. The Morgan fingerprint density at radius 2 is 2.00 bits per heavy atom. The monoisotopic (exact) mass is 329 g/mol. The number of primary amides is 1. The molecule has 0 atom stereocenters. The molecule has 1 rings (SSSR count). The van der Waals surface area contributed by atoms with E-state index in [0.717, 1.165) is 5.56 Å². The number of nitrogens with two attached hydrogens (primary N) is 1. The Kier molecular flexibility index (Phi) is 6.64. The lowest BCUT2D eigenvalue weighted by Crippen LogP contribution is -2.39. The molecule has 0 saturated heterocycles. The third-order valence-corrected chi connectivity index (χ3v) is 3.96.